The van der Waals surface area contributed by atoms with Gasteiger partial charge in [0.1, 0.15) is 0 Å². The number of nitrogens with zero attached hydrogens (tertiary/aromatic N) is 2. The highest BCUT2D eigenvalue weighted by atomic mass is 16.5. The van der Waals surface area contributed by atoms with Crippen LogP contribution >= 0.6 is 0 Å². The van der Waals surface area contributed by atoms with Crippen molar-refractivity contribution in [2.45, 2.75) is 37.8 Å². The molecule has 1 amide bonds. The summed E-state index contributed by atoms with van der Waals surface area (Å²) >= 11 is 0. The maximum Gasteiger partial charge on any atom is 0.223 e. The van der Waals surface area contributed by atoms with Crippen molar-refractivity contribution in [1.29, 1.82) is 0 Å². The third-order valence-electron chi connectivity index (χ3n) is 5.64. The highest BCUT2D eigenvalue weighted by molar-refractivity contribution is 5.76. The van der Waals surface area contributed by atoms with Crippen LogP contribution in [0.3, 0.4) is 0 Å². The molecular weight excluding hydrogens is 292 g/mol. The van der Waals surface area contributed by atoms with Gasteiger partial charge in [-0.3, -0.25) is 4.79 Å². The molecule has 2 N–H and O–H groups in total. The fraction of sp³-hybridized carbons (Fsp3) is 0.941. The number of morpholine rings is 1. The Balaban J connectivity index is 1.38. The van der Waals surface area contributed by atoms with Gasteiger partial charge in [0.05, 0.1) is 13.2 Å². The fourth-order valence-corrected chi connectivity index (χ4v) is 4.16. The van der Waals surface area contributed by atoms with Crippen LogP contribution in [0.4, 0.5) is 0 Å². The van der Waals surface area contributed by atoms with E-state index in [1.807, 2.05) is 4.90 Å². The Morgan fingerprint density at radius 3 is 2.83 bits per heavy atom. The molecule has 0 aromatic rings. The summed E-state index contributed by atoms with van der Waals surface area (Å²) in [6.07, 6.45) is 4.41. The molecule has 1 saturated carbocycles. The molecule has 1 aliphatic carbocycles. The Labute approximate surface area is 139 Å². The summed E-state index contributed by atoms with van der Waals surface area (Å²) in [4.78, 5) is 16.6. The minimum atomic E-state index is 0.305. The number of hydrogen-bond acceptors (Lipinski definition) is 5. The molecule has 3 atom stereocenters. The van der Waals surface area contributed by atoms with Crippen molar-refractivity contribution in [3.05, 3.63) is 0 Å². The standard InChI is InChI=1S/C17H32N4O2/c1-20-8-10-21(11-9-20)17(22)5-6-18-15-4-2-3-14(15)16-13-23-12-7-19-16/h14-16,18-19H,2-13H2,1H3. The summed E-state index contributed by atoms with van der Waals surface area (Å²) in [7, 11) is 2.12. The largest absolute Gasteiger partial charge is 0.379 e. The Morgan fingerprint density at radius 1 is 1.26 bits per heavy atom. The van der Waals surface area contributed by atoms with E-state index in [9.17, 15) is 4.79 Å². The number of carbonyl (C=O) groups excluding carboxylic acids is 1. The zero-order valence-electron chi connectivity index (χ0n) is 14.4. The number of rotatable bonds is 5. The second-order valence-corrected chi connectivity index (χ2v) is 7.22. The number of carbonyl (C=O) groups is 1. The van der Waals surface area contributed by atoms with Gasteiger partial charge in [0.2, 0.25) is 5.91 Å². The molecule has 2 heterocycles. The lowest BCUT2D eigenvalue weighted by Gasteiger charge is -2.34. The van der Waals surface area contributed by atoms with E-state index in [1.165, 1.54) is 19.3 Å². The summed E-state index contributed by atoms with van der Waals surface area (Å²) < 4.78 is 5.62. The SMILES string of the molecule is CN1CCN(C(=O)CCNC2CCCC2C2COCCN2)CC1. The van der Waals surface area contributed by atoms with Gasteiger partial charge in [0, 0.05) is 57.8 Å². The molecule has 0 aromatic carbocycles. The minimum Gasteiger partial charge on any atom is -0.379 e. The van der Waals surface area contributed by atoms with Crippen molar-refractivity contribution in [3.63, 3.8) is 0 Å². The van der Waals surface area contributed by atoms with Gasteiger partial charge in [-0.15, -0.1) is 0 Å². The fourth-order valence-electron chi connectivity index (χ4n) is 4.16. The minimum absolute atomic E-state index is 0.305. The van der Waals surface area contributed by atoms with Crippen molar-refractivity contribution in [1.82, 2.24) is 20.4 Å². The first kappa shape index (κ1) is 17.1. The Morgan fingerprint density at radius 2 is 2.09 bits per heavy atom. The van der Waals surface area contributed by atoms with Crippen molar-refractivity contribution in [2.24, 2.45) is 5.92 Å². The van der Waals surface area contributed by atoms with Gasteiger partial charge in [-0.25, -0.2) is 0 Å². The zero-order chi connectivity index (χ0) is 16.1. The summed E-state index contributed by atoms with van der Waals surface area (Å²) in [5.74, 6) is 0.952. The van der Waals surface area contributed by atoms with Crippen LogP contribution in [0.25, 0.3) is 0 Å². The number of hydrogen-bond donors (Lipinski definition) is 2. The first-order valence-corrected chi connectivity index (χ1v) is 9.25. The monoisotopic (exact) mass is 324 g/mol. The van der Waals surface area contributed by atoms with Crippen LogP contribution in [-0.2, 0) is 9.53 Å². The quantitative estimate of drug-likeness (QED) is 0.739. The molecule has 0 bridgehead atoms. The Bertz CT molecular complexity index is 379. The highest BCUT2D eigenvalue weighted by Crippen LogP contribution is 2.29. The van der Waals surface area contributed by atoms with Gasteiger partial charge in [-0.05, 0) is 25.8 Å². The molecule has 3 rings (SSSR count). The smallest absolute Gasteiger partial charge is 0.223 e. The zero-order valence-corrected chi connectivity index (χ0v) is 14.4. The van der Waals surface area contributed by atoms with Crippen molar-refractivity contribution in [3.8, 4) is 0 Å². The number of likely N-dealkylation sites (N-methyl/N-ethyl adjacent to an activating group) is 1. The van der Waals surface area contributed by atoms with E-state index in [2.05, 4.69) is 22.6 Å². The van der Waals surface area contributed by atoms with Crippen molar-refractivity contribution in [2.75, 3.05) is 59.5 Å². The Hall–Kier alpha value is -0.690. The average molecular weight is 324 g/mol. The maximum absolute atomic E-state index is 12.3. The first-order valence-electron chi connectivity index (χ1n) is 9.25. The highest BCUT2D eigenvalue weighted by Gasteiger charge is 2.34. The van der Waals surface area contributed by atoms with Crippen LogP contribution in [0, 0.1) is 5.92 Å². The van der Waals surface area contributed by atoms with E-state index in [0.717, 1.165) is 52.5 Å². The molecule has 6 nitrogen and oxygen atoms in total. The third kappa shape index (κ3) is 4.66. The predicted molar refractivity (Wildman–Crippen MR) is 90.4 cm³/mol. The maximum atomic E-state index is 12.3. The number of amides is 1. The van der Waals surface area contributed by atoms with Crippen molar-refractivity contribution < 1.29 is 9.53 Å². The molecule has 2 aliphatic heterocycles. The summed E-state index contributed by atoms with van der Waals surface area (Å²) in [6, 6.07) is 1.02. The van der Waals surface area contributed by atoms with Crippen LogP contribution in [0.2, 0.25) is 0 Å². The normalized spacial score (nSPS) is 33.1. The van der Waals surface area contributed by atoms with Gasteiger partial charge >= 0.3 is 0 Å². The number of ether oxygens (including phenoxy) is 1. The molecule has 23 heavy (non-hydrogen) atoms. The van der Waals surface area contributed by atoms with Crippen LogP contribution in [0.1, 0.15) is 25.7 Å². The number of piperazine rings is 1. The second kappa shape index (κ2) is 8.42. The van der Waals surface area contributed by atoms with E-state index in [-0.39, 0.29) is 0 Å². The molecule has 0 radical (unpaired) electrons. The van der Waals surface area contributed by atoms with Crippen molar-refractivity contribution >= 4 is 5.91 Å². The molecule has 0 aromatic heterocycles. The van der Waals surface area contributed by atoms with E-state index in [0.29, 0.717) is 30.3 Å². The predicted octanol–water partition coefficient (Wildman–Crippen LogP) is -0.103. The summed E-state index contributed by atoms with van der Waals surface area (Å²) in [6.45, 7) is 7.20. The molecule has 2 saturated heterocycles. The summed E-state index contributed by atoms with van der Waals surface area (Å²) in [5, 5.41) is 7.26. The van der Waals surface area contributed by atoms with Gasteiger partial charge in [-0.2, -0.15) is 0 Å². The van der Waals surface area contributed by atoms with E-state index >= 15 is 0 Å². The van der Waals surface area contributed by atoms with Gasteiger partial charge in [0.15, 0.2) is 0 Å². The topological polar surface area (TPSA) is 56.8 Å². The van der Waals surface area contributed by atoms with Gasteiger partial charge < -0.3 is 25.2 Å². The first-order chi connectivity index (χ1) is 11.2. The molecule has 3 aliphatic rings. The molecule has 3 fully saturated rings. The lowest BCUT2D eigenvalue weighted by molar-refractivity contribution is -0.132. The van der Waals surface area contributed by atoms with Crippen LogP contribution in [0.15, 0.2) is 0 Å². The van der Waals surface area contributed by atoms with E-state index in [4.69, 9.17) is 4.74 Å². The Kier molecular flexibility index (Phi) is 6.28. The van der Waals surface area contributed by atoms with E-state index in [1.54, 1.807) is 0 Å². The third-order valence-corrected chi connectivity index (χ3v) is 5.64. The lowest BCUT2D eigenvalue weighted by Crippen LogP contribution is -2.51. The molecule has 0 spiro atoms. The van der Waals surface area contributed by atoms with Gasteiger partial charge in [0.25, 0.3) is 0 Å². The van der Waals surface area contributed by atoms with Crippen LogP contribution in [-0.4, -0.2) is 87.3 Å². The molecule has 3 unspecified atom stereocenters. The second-order valence-electron chi connectivity index (χ2n) is 7.22. The summed E-state index contributed by atoms with van der Waals surface area (Å²) in [5.41, 5.74) is 0. The van der Waals surface area contributed by atoms with Gasteiger partial charge in [-0.1, -0.05) is 6.42 Å². The van der Waals surface area contributed by atoms with E-state index < -0.39 is 0 Å². The number of nitrogens with one attached hydrogen (secondary N) is 2. The molecule has 132 valence electrons. The molecular formula is C17H32N4O2. The van der Waals surface area contributed by atoms with Crippen LogP contribution in [0.5, 0.6) is 0 Å². The molecule has 6 heteroatoms. The lowest BCUT2D eigenvalue weighted by atomic mass is 9.94. The average Bonchev–Trinajstić information content (AvgIpc) is 3.05. The van der Waals surface area contributed by atoms with Crippen LogP contribution < -0.4 is 10.6 Å².